The fraction of sp³-hybridized carbons (Fsp3) is 0.933. The number of aliphatic hydroxyl groups is 5. The minimum atomic E-state index is -1.37. The lowest BCUT2D eigenvalue weighted by Gasteiger charge is -2.46. The number of nitrogens with zero attached hydrogens (tertiary/aromatic N) is 1. The molecule has 0 spiro atoms. The second-order valence-electron chi connectivity index (χ2n) is 6.83. The Hall–Kier alpha value is -0.690. The molecule has 10 nitrogen and oxygen atoms in total. The van der Waals surface area contributed by atoms with Crippen molar-refractivity contribution >= 4 is 5.71 Å². The smallest absolute Gasteiger partial charge is 0.176 e. The van der Waals surface area contributed by atoms with E-state index in [0.29, 0.717) is 6.42 Å². The molecule has 0 aromatic rings. The van der Waals surface area contributed by atoms with E-state index >= 15 is 0 Å². The molecule has 0 aromatic heterocycles. The van der Waals surface area contributed by atoms with Crippen LogP contribution in [0.15, 0.2) is 4.99 Å². The van der Waals surface area contributed by atoms with Crippen LogP contribution < -0.4 is 5.73 Å². The highest BCUT2D eigenvalue weighted by atomic mass is 16.7. The maximum atomic E-state index is 10.6. The summed E-state index contributed by atoms with van der Waals surface area (Å²) < 4.78 is 16.9. The van der Waals surface area contributed by atoms with Crippen LogP contribution in [0.3, 0.4) is 0 Å². The number of ether oxygens (including phenoxy) is 3. The molecule has 3 aliphatic heterocycles. The number of nitrogens with two attached hydrogens (primary N) is 1. The van der Waals surface area contributed by atoms with Gasteiger partial charge in [-0.25, -0.2) is 0 Å². The van der Waals surface area contributed by atoms with Crippen LogP contribution in [0.1, 0.15) is 13.3 Å². The van der Waals surface area contributed by atoms with Gasteiger partial charge in [-0.15, -0.1) is 0 Å². The molecule has 10 heteroatoms. The minimum Gasteiger partial charge on any atom is -0.394 e. The Kier molecular flexibility index (Phi) is 5.73. The van der Waals surface area contributed by atoms with Gasteiger partial charge in [0.2, 0.25) is 0 Å². The Morgan fingerprint density at radius 2 is 1.76 bits per heavy atom. The first kappa shape index (κ1) is 19.1. The summed E-state index contributed by atoms with van der Waals surface area (Å²) in [5, 5.41) is 49.3. The third-order valence-electron chi connectivity index (χ3n) is 5.05. The van der Waals surface area contributed by atoms with Gasteiger partial charge in [-0.2, -0.15) is 0 Å². The lowest BCUT2D eigenvalue weighted by molar-refractivity contribution is -0.309. The summed E-state index contributed by atoms with van der Waals surface area (Å²) in [6, 6.07) is -1.62. The van der Waals surface area contributed by atoms with Gasteiger partial charge < -0.3 is 45.5 Å². The van der Waals surface area contributed by atoms with E-state index in [2.05, 4.69) is 4.99 Å². The SMILES string of the molecule is CC1=NC2C(C1)OC(CO)C(OC1OC(CO)C(O)C(O)C1N)C2O. The number of aliphatic hydroxyl groups excluding tert-OH is 5. The van der Waals surface area contributed by atoms with Gasteiger partial charge in [0, 0.05) is 12.1 Å². The van der Waals surface area contributed by atoms with Crippen LogP contribution >= 0.6 is 0 Å². The molecule has 3 aliphatic rings. The molecular formula is C15H26N2O8. The Bertz CT molecular complexity index is 504. The zero-order chi connectivity index (χ0) is 18.3. The van der Waals surface area contributed by atoms with E-state index in [1.165, 1.54) is 0 Å². The third kappa shape index (κ3) is 3.46. The molecule has 2 fully saturated rings. The molecule has 25 heavy (non-hydrogen) atoms. The second kappa shape index (κ2) is 7.51. The highest BCUT2D eigenvalue weighted by molar-refractivity contribution is 5.84. The van der Waals surface area contributed by atoms with E-state index in [1.54, 1.807) is 0 Å². The summed E-state index contributed by atoms with van der Waals surface area (Å²) in [6.45, 7) is 0.911. The molecule has 7 N–H and O–H groups in total. The van der Waals surface area contributed by atoms with Crippen LogP contribution in [-0.2, 0) is 14.2 Å². The molecule has 10 unspecified atom stereocenters. The Balaban J connectivity index is 1.75. The molecule has 2 saturated heterocycles. The zero-order valence-electron chi connectivity index (χ0n) is 13.9. The fourth-order valence-electron chi connectivity index (χ4n) is 3.64. The molecule has 3 rings (SSSR count). The summed E-state index contributed by atoms with van der Waals surface area (Å²) >= 11 is 0. The van der Waals surface area contributed by atoms with Gasteiger partial charge in [-0.05, 0) is 6.92 Å². The van der Waals surface area contributed by atoms with Crippen molar-refractivity contribution in [3.8, 4) is 0 Å². The maximum absolute atomic E-state index is 10.6. The molecule has 0 saturated carbocycles. The van der Waals surface area contributed by atoms with Gasteiger partial charge >= 0.3 is 0 Å². The number of hydrogen-bond donors (Lipinski definition) is 6. The molecule has 0 bridgehead atoms. The van der Waals surface area contributed by atoms with Crippen molar-refractivity contribution in [3.05, 3.63) is 0 Å². The van der Waals surface area contributed by atoms with E-state index in [0.717, 1.165) is 5.71 Å². The average molecular weight is 362 g/mol. The summed E-state index contributed by atoms with van der Waals surface area (Å²) in [6.07, 6.45) is -7.61. The van der Waals surface area contributed by atoms with Gasteiger partial charge in [0.15, 0.2) is 6.29 Å². The molecule has 3 heterocycles. The fourth-order valence-corrected chi connectivity index (χ4v) is 3.64. The summed E-state index contributed by atoms with van der Waals surface area (Å²) in [4.78, 5) is 4.36. The van der Waals surface area contributed by atoms with Crippen LogP contribution in [0.5, 0.6) is 0 Å². The van der Waals surface area contributed by atoms with Gasteiger partial charge in [0.1, 0.15) is 42.7 Å². The predicted octanol–water partition coefficient (Wildman–Crippen LogP) is -3.51. The van der Waals surface area contributed by atoms with Crippen LogP contribution in [0.25, 0.3) is 0 Å². The quantitative estimate of drug-likeness (QED) is 0.297. The van der Waals surface area contributed by atoms with Crippen molar-refractivity contribution in [1.82, 2.24) is 0 Å². The third-order valence-corrected chi connectivity index (χ3v) is 5.05. The minimum absolute atomic E-state index is 0.328. The van der Waals surface area contributed by atoms with E-state index < -0.39 is 61.6 Å². The lowest BCUT2D eigenvalue weighted by Crippen LogP contribution is -2.65. The first-order valence-electron chi connectivity index (χ1n) is 8.38. The van der Waals surface area contributed by atoms with E-state index in [-0.39, 0.29) is 12.7 Å². The monoisotopic (exact) mass is 362 g/mol. The van der Waals surface area contributed by atoms with Crippen molar-refractivity contribution < 1.29 is 39.7 Å². The van der Waals surface area contributed by atoms with Crippen molar-refractivity contribution in [2.45, 2.75) is 74.4 Å². The van der Waals surface area contributed by atoms with E-state index in [9.17, 15) is 25.5 Å². The average Bonchev–Trinajstić information content (AvgIpc) is 2.97. The summed E-state index contributed by atoms with van der Waals surface area (Å²) in [5.41, 5.74) is 6.70. The van der Waals surface area contributed by atoms with Crippen molar-refractivity contribution in [2.24, 2.45) is 10.7 Å². The van der Waals surface area contributed by atoms with Gasteiger partial charge in [0.05, 0.1) is 25.4 Å². The van der Waals surface area contributed by atoms with Crippen molar-refractivity contribution in [1.29, 1.82) is 0 Å². The zero-order valence-corrected chi connectivity index (χ0v) is 13.9. The number of aliphatic imine (C=N–C) groups is 1. The van der Waals surface area contributed by atoms with Crippen LogP contribution in [0.2, 0.25) is 0 Å². The van der Waals surface area contributed by atoms with Gasteiger partial charge in [-0.3, -0.25) is 4.99 Å². The molecule has 0 aromatic carbocycles. The van der Waals surface area contributed by atoms with Gasteiger partial charge in [-0.1, -0.05) is 0 Å². The molecule has 0 aliphatic carbocycles. The molecule has 0 radical (unpaired) electrons. The maximum Gasteiger partial charge on any atom is 0.176 e. The van der Waals surface area contributed by atoms with Crippen LogP contribution in [0.4, 0.5) is 0 Å². The highest BCUT2D eigenvalue weighted by Gasteiger charge is 2.51. The lowest BCUT2D eigenvalue weighted by atomic mass is 9.92. The van der Waals surface area contributed by atoms with Crippen LogP contribution in [0, 0.1) is 0 Å². The number of rotatable bonds is 4. The second-order valence-corrected chi connectivity index (χ2v) is 6.83. The molecule has 10 atom stereocenters. The number of hydrogen-bond acceptors (Lipinski definition) is 10. The Labute approximate surface area is 144 Å². The first-order valence-corrected chi connectivity index (χ1v) is 8.38. The molecule has 0 amide bonds. The van der Waals surface area contributed by atoms with Gasteiger partial charge in [0.25, 0.3) is 0 Å². The highest BCUT2D eigenvalue weighted by Crippen LogP contribution is 2.33. The standard InChI is InChI=1S/C15H26N2O8/c1-5-2-6-10(17-5)13(22)14(8(4-19)23-6)25-15-9(16)12(21)11(20)7(3-18)24-15/h6-15,18-22H,2-4,16H2,1H3. The predicted molar refractivity (Wildman–Crippen MR) is 83.9 cm³/mol. The summed E-state index contributed by atoms with van der Waals surface area (Å²) in [7, 11) is 0. The largest absolute Gasteiger partial charge is 0.394 e. The van der Waals surface area contributed by atoms with E-state index in [1.807, 2.05) is 6.92 Å². The molecule has 144 valence electrons. The van der Waals surface area contributed by atoms with Crippen molar-refractivity contribution in [3.63, 3.8) is 0 Å². The summed E-state index contributed by atoms with van der Waals surface area (Å²) in [5.74, 6) is 0. The Morgan fingerprint density at radius 1 is 1.08 bits per heavy atom. The molecular weight excluding hydrogens is 336 g/mol. The van der Waals surface area contributed by atoms with E-state index in [4.69, 9.17) is 19.9 Å². The van der Waals surface area contributed by atoms with Crippen molar-refractivity contribution in [2.75, 3.05) is 13.2 Å². The number of fused-ring (bicyclic) bond motifs is 1. The first-order chi connectivity index (χ1) is 11.9. The van der Waals surface area contributed by atoms with Crippen LogP contribution in [-0.4, -0.2) is 106 Å². The normalized spacial score (nSPS) is 50.4. The Morgan fingerprint density at radius 3 is 2.40 bits per heavy atom. The topological polar surface area (TPSA) is 167 Å².